The molecule has 1 aliphatic carbocycles. The van der Waals surface area contributed by atoms with Crippen LogP contribution in [0.3, 0.4) is 0 Å². The molecular formula is C20H31ClN2O. The summed E-state index contributed by atoms with van der Waals surface area (Å²) in [5.41, 5.74) is 1.40. The molecule has 4 heteroatoms. The Labute approximate surface area is 152 Å². The van der Waals surface area contributed by atoms with Crippen molar-refractivity contribution in [3.63, 3.8) is 0 Å². The van der Waals surface area contributed by atoms with Gasteiger partial charge in [-0.1, -0.05) is 43.2 Å². The molecule has 1 amide bonds. The summed E-state index contributed by atoms with van der Waals surface area (Å²) in [4.78, 5) is 12.7. The maximum atomic E-state index is 12.7. The van der Waals surface area contributed by atoms with Crippen molar-refractivity contribution in [2.45, 2.75) is 64.0 Å². The molecule has 2 unspecified atom stereocenters. The van der Waals surface area contributed by atoms with Crippen molar-refractivity contribution in [1.29, 1.82) is 0 Å². The average molecular weight is 351 g/mol. The van der Waals surface area contributed by atoms with Crippen LogP contribution in [0.2, 0.25) is 0 Å². The Morgan fingerprint density at radius 1 is 1.17 bits per heavy atom. The van der Waals surface area contributed by atoms with Gasteiger partial charge >= 0.3 is 0 Å². The molecule has 134 valence electrons. The molecule has 1 aromatic carbocycles. The summed E-state index contributed by atoms with van der Waals surface area (Å²) in [6, 6.07) is 11.5. The molecular weight excluding hydrogens is 320 g/mol. The Kier molecular flexibility index (Phi) is 7.57. The van der Waals surface area contributed by atoms with Gasteiger partial charge in [0.2, 0.25) is 5.91 Å². The van der Waals surface area contributed by atoms with E-state index in [0.29, 0.717) is 23.9 Å². The van der Waals surface area contributed by atoms with Gasteiger partial charge in [0.1, 0.15) is 0 Å². The first-order chi connectivity index (χ1) is 11.2. The first kappa shape index (κ1) is 19.3. The summed E-state index contributed by atoms with van der Waals surface area (Å²) < 4.78 is 0. The molecule has 1 aliphatic heterocycles. The molecule has 0 bridgehead atoms. The summed E-state index contributed by atoms with van der Waals surface area (Å²) in [6.07, 6.45) is 7.97. The molecule has 24 heavy (non-hydrogen) atoms. The Bertz CT molecular complexity index is 508. The summed E-state index contributed by atoms with van der Waals surface area (Å²) >= 11 is 0. The third kappa shape index (κ3) is 5.22. The van der Waals surface area contributed by atoms with Gasteiger partial charge in [-0.25, -0.2) is 0 Å². The zero-order valence-electron chi connectivity index (χ0n) is 14.7. The highest BCUT2D eigenvalue weighted by molar-refractivity contribution is 5.85. The monoisotopic (exact) mass is 350 g/mol. The third-order valence-corrected chi connectivity index (χ3v) is 5.57. The molecule has 2 aliphatic rings. The average Bonchev–Trinajstić information content (AvgIpc) is 2.57. The molecule has 3 rings (SSSR count). The summed E-state index contributed by atoms with van der Waals surface area (Å²) in [6.45, 7) is 3.15. The van der Waals surface area contributed by atoms with Crippen LogP contribution in [0.5, 0.6) is 0 Å². The predicted octanol–water partition coefficient (Wildman–Crippen LogP) is 3.71. The molecule has 2 N–H and O–H groups in total. The molecule has 1 aromatic rings. The molecule has 0 aromatic heterocycles. The van der Waals surface area contributed by atoms with Crippen LogP contribution in [0.25, 0.3) is 0 Å². The molecule has 4 atom stereocenters. The minimum Gasteiger partial charge on any atom is -0.353 e. The van der Waals surface area contributed by atoms with Gasteiger partial charge in [-0.2, -0.15) is 0 Å². The van der Waals surface area contributed by atoms with Gasteiger partial charge in [-0.05, 0) is 57.1 Å². The van der Waals surface area contributed by atoms with E-state index < -0.39 is 0 Å². The van der Waals surface area contributed by atoms with E-state index >= 15 is 0 Å². The number of carbonyl (C=O) groups excluding carboxylic acids is 1. The first-order valence-electron chi connectivity index (χ1n) is 9.30. The van der Waals surface area contributed by atoms with Gasteiger partial charge in [-0.3, -0.25) is 4.79 Å². The molecule has 1 heterocycles. The van der Waals surface area contributed by atoms with Crippen LogP contribution in [0.15, 0.2) is 30.3 Å². The second-order valence-corrected chi connectivity index (χ2v) is 7.43. The molecule has 0 radical (unpaired) electrons. The van der Waals surface area contributed by atoms with E-state index in [9.17, 15) is 4.79 Å². The maximum absolute atomic E-state index is 12.7. The van der Waals surface area contributed by atoms with Crippen molar-refractivity contribution in [2.75, 3.05) is 6.54 Å². The van der Waals surface area contributed by atoms with Crippen LogP contribution in [0.4, 0.5) is 0 Å². The van der Waals surface area contributed by atoms with Crippen molar-refractivity contribution >= 4 is 18.3 Å². The van der Waals surface area contributed by atoms with Gasteiger partial charge in [0.15, 0.2) is 0 Å². The van der Waals surface area contributed by atoms with E-state index in [4.69, 9.17) is 0 Å². The minimum absolute atomic E-state index is 0. The fourth-order valence-electron chi connectivity index (χ4n) is 4.23. The van der Waals surface area contributed by atoms with Gasteiger partial charge in [0, 0.05) is 18.0 Å². The molecule has 3 nitrogen and oxygen atoms in total. The van der Waals surface area contributed by atoms with Crippen LogP contribution < -0.4 is 10.6 Å². The van der Waals surface area contributed by atoms with Gasteiger partial charge in [0.25, 0.3) is 0 Å². The number of nitrogens with one attached hydrogen (secondary N) is 2. The van der Waals surface area contributed by atoms with E-state index in [2.05, 4.69) is 47.9 Å². The molecule has 1 saturated heterocycles. The lowest BCUT2D eigenvalue weighted by molar-refractivity contribution is -0.127. The second kappa shape index (κ2) is 9.43. The number of carbonyl (C=O) groups is 1. The lowest BCUT2D eigenvalue weighted by Crippen LogP contribution is -2.48. The van der Waals surface area contributed by atoms with Crippen LogP contribution in [0.1, 0.15) is 51.0 Å². The van der Waals surface area contributed by atoms with Crippen molar-refractivity contribution < 1.29 is 4.79 Å². The van der Waals surface area contributed by atoms with E-state index in [-0.39, 0.29) is 18.3 Å². The van der Waals surface area contributed by atoms with Crippen LogP contribution in [-0.2, 0) is 11.2 Å². The largest absolute Gasteiger partial charge is 0.353 e. The Balaban J connectivity index is 0.00000208. The number of hydrogen-bond acceptors (Lipinski definition) is 2. The highest BCUT2D eigenvalue weighted by Gasteiger charge is 2.30. The zero-order valence-corrected chi connectivity index (χ0v) is 15.5. The Morgan fingerprint density at radius 3 is 2.67 bits per heavy atom. The zero-order chi connectivity index (χ0) is 16.1. The van der Waals surface area contributed by atoms with Crippen LogP contribution in [-0.4, -0.2) is 24.5 Å². The minimum atomic E-state index is 0. The van der Waals surface area contributed by atoms with E-state index in [1.165, 1.54) is 24.8 Å². The summed E-state index contributed by atoms with van der Waals surface area (Å²) in [5.74, 6) is 1.09. The quantitative estimate of drug-likeness (QED) is 0.869. The van der Waals surface area contributed by atoms with E-state index in [1.807, 2.05) is 0 Å². The first-order valence-corrected chi connectivity index (χ1v) is 9.30. The fourth-order valence-corrected chi connectivity index (χ4v) is 4.23. The highest BCUT2D eigenvalue weighted by Crippen LogP contribution is 2.28. The number of hydrogen-bond donors (Lipinski definition) is 2. The Hall–Kier alpha value is -1.06. The molecule has 0 spiro atoms. The fraction of sp³-hybridized carbons (Fsp3) is 0.650. The van der Waals surface area contributed by atoms with Gasteiger partial charge in [0.05, 0.1) is 0 Å². The highest BCUT2D eigenvalue weighted by atomic mass is 35.5. The molecule has 2 fully saturated rings. The van der Waals surface area contributed by atoms with Gasteiger partial charge < -0.3 is 10.6 Å². The predicted molar refractivity (Wildman–Crippen MR) is 101 cm³/mol. The number of halogens is 1. The van der Waals surface area contributed by atoms with Crippen molar-refractivity contribution in [3.8, 4) is 0 Å². The number of amides is 1. The van der Waals surface area contributed by atoms with Crippen LogP contribution >= 0.6 is 12.4 Å². The number of rotatable bonds is 4. The summed E-state index contributed by atoms with van der Waals surface area (Å²) in [7, 11) is 0. The number of benzene rings is 1. The summed E-state index contributed by atoms with van der Waals surface area (Å²) in [5, 5.41) is 6.84. The van der Waals surface area contributed by atoms with Crippen LogP contribution in [0, 0.1) is 11.8 Å². The van der Waals surface area contributed by atoms with Gasteiger partial charge in [-0.15, -0.1) is 12.4 Å². The lowest BCUT2D eigenvalue weighted by Gasteiger charge is -2.35. The standard InChI is InChI=1S/C20H30N2O.ClH/c1-15-13-18(11-12-21-15)20(23)22-19-10-6-5-9-17(19)14-16-7-3-2-4-8-16;/h2-4,7-8,15,17-19,21H,5-6,9-14H2,1H3,(H,22,23);1H/t15-,17?,18-,19?;/m0./s1. The van der Waals surface area contributed by atoms with E-state index in [1.54, 1.807) is 0 Å². The van der Waals surface area contributed by atoms with Crippen molar-refractivity contribution in [3.05, 3.63) is 35.9 Å². The molecule has 1 saturated carbocycles. The smallest absolute Gasteiger partial charge is 0.223 e. The van der Waals surface area contributed by atoms with Crippen molar-refractivity contribution in [1.82, 2.24) is 10.6 Å². The number of piperidine rings is 1. The lowest BCUT2D eigenvalue weighted by atomic mass is 9.80. The second-order valence-electron chi connectivity index (χ2n) is 7.43. The van der Waals surface area contributed by atoms with E-state index in [0.717, 1.165) is 32.2 Å². The van der Waals surface area contributed by atoms with Crippen molar-refractivity contribution in [2.24, 2.45) is 11.8 Å². The third-order valence-electron chi connectivity index (χ3n) is 5.57. The Morgan fingerprint density at radius 2 is 1.92 bits per heavy atom. The maximum Gasteiger partial charge on any atom is 0.223 e. The SMILES string of the molecule is C[C@H]1C[C@@H](C(=O)NC2CCCCC2Cc2ccccc2)CCN1.Cl. The normalized spacial score (nSPS) is 30.2. The topological polar surface area (TPSA) is 41.1 Å².